The first-order chi connectivity index (χ1) is 10.0. The molecule has 2 atom stereocenters. The maximum Gasteiger partial charge on any atom is 0.308 e. The molecule has 1 aromatic rings. The van der Waals surface area contributed by atoms with Gasteiger partial charge < -0.3 is 14.7 Å². The van der Waals surface area contributed by atoms with Crippen molar-refractivity contribution in [3.8, 4) is 0 Å². The fraction of sp³-hybridized carbons (Fsp3) is 0.600. The van der Waals surface area contributed by atoms with Crippen LogP contribution in [-0.2, 0) is 14.3 Å². The highest BCUT2D eigenvalue weighted by atomic mass is 32.1. The monoisotopic (exact) mass is 311 g/mol. The van der Waals surface area contributed by atoms with Crippen LogP contribution in [0, 0.1) is 12.8 Å². The fourth-order valence-corrected chi connectivity index (χ4v) is 3.88. The number of amides is 1. The van der Waals surface area contributed by atoms with Gasteiger partial charge in [0.1, 0.15) is 0 Å². The molecule has 0 bridgehead atoms. The molecule has 1 amide bonds. The second-order valence-electron chi connectivity index (χ2n) is 5.31. The Morgan fingerprint density at radius 1 is 1.52 bits per heavy atom. The van der Waals surface area contributed by atoms with Gasteiger partial charge in [0, 0.05) is 29.8 Å². The number of carbonyl (C=O) groups excluding carboxylic acids is 1. The number of aliphatic carboxylic acids is 1. The lowest BCUT2D eigenvalue weighted by Gasteiger charge is -2.32. The zero-order valence-electron chi connectivity index (χ0n) is 12.4. The maximum absolute atomic E-state index is 12.4. The number of aryl methyl sites for hydroxylation is 1. The van der Waals surface area contributed by atoms with E-state index in [1.165, 1.54) is 0 Å². The molecule has 0 saturated carbocycles. The number of hydrogen-bond donors (Lipinski definition) is 1. The van der Waals surface area contributed by atoms with E-state index in [9.17, 15) is 14.7 Å². The van der Waals surface area contributed by atoms with Crippen molar-refractivity contribution in [2.75, 3.05) is 20.3 Å². The zero-order valence-corrected chi connectivity index (χ0v) is 13.2. The minimum atomic E-state index is -0.830. The van der Waals surface area contributed by atoms with E-state index in [0.29, 0.717) is 32.4 Å². The van der Waals surface area contributed by atoms with Crippen LogP contribution in [0.15, 0.2) is 12.1 Å². The molecule has 1 aliphatic rings. The highest BCUT2D eigenvalue weighted by Crippen LogP contribution is 2.38. The molecule has 6 heteroatoms. The molecule has 2 rings (SSSR count). The highest BCUT2D eigenvalue weighted by Gasteiger charge is 2.39. The molecule has 116 valence electrons. The van der Waals surface area contributed by atoms with Crippen molar-refractivity contribution in [2.45, 2.75) is 32.2 Å². The quantitative estimate of drug-likeness (QED) is 0.907. The summed E-state index contributed by atoms with van der Waals surface area (Å²) in [7, 11) is 1.58. The van der Waals surface area contributed by atoms with Crippen molar-refractivity contribution >= 4 is 23.2 Å². The Morgan fingerprint density at radius 2 is 2.29 bits per heavy atom. The number of ether oxygens (including phenoxy) is 1. The van der Waals surface area contributed by atoms with E-state index in [1.807, 2.05) is 19.1 Å². The van der Waals surface area contributed by atoms with E-state index in [4.69, 9.17) is 4.74 Å². The Morgan fingerprint density at radius 3 is 2.86 bits per heavy atom. The number of likely N-dealkylation sites (tertiary alicyclic amines) is 1. The summed E-state index contributed by atoms with van der Waals surface area (Å²) >= 11 is 1.57. The number of thiophene rings is 1. The third kappa shape index (κ3) is 3.63. The molecule has 1 aromatic heterocycles. The molecule has 0 aromatic carbocycles. The smallest absolute Gasteiger partial charge is 0.308 e. The lowest BCUT2D eigenvalue weighted by Crippen LogP contribution is -2.40. The van der Waals surface area contributed by atoms with Crippen LogP contribution in [-0.4, -0.2) is 42.1 Å². The summed E-state index contributed by atoms with van der Waals surface area (Å²) in [5.74, 6) is -1.36. The lowest BCUT2D eigenvalue weighted by molar-refractivity contribution is -0.146. The fourth-order valence-electron chi connectivity index (χ4n) is 2.82. The van der Waals surface area contributed by atoms with Gasteiger partial charge in [0.15, 0.2) is 0 Å². The van der Waals surface area contributed by atoms with Gasteiger partial charge in [0.2, 0.25) is 5.91 Å². The van der Waals surface area contributed by atoms with E-state index in [0.717, 1.165) is 9.75 Å². The third-order valence-electron chi connectivity index (χ3n) is 3.85. The summed E-state index contributed by atoms with van der Waals surface area (Å²) in [6, 6.07) is 3.54. The average Bonchev–Trinajstić information content (AvgIpc) is 2.78. The summed E-state index contributed by atoms with van der Waals surface area (Å²) in [5, 5.41) is 9.57. The Bertz CT molecular complexity index is 514. The Labute approximate surface area is 128 Å². The normalized spacial score (nSPS) is 23.1. The average molecular weight is 311 g/mol. The summed E-state index contributed by atoms with van der Waals surface area (Å²) < 4.78 is 5.08. The van der Waals surface area contributed by atoms with E-state index >= 15 is 0 Å². The number of carboxylic acids is 1. The van der Waals surface area contributed by atoms with Gasteiger partial charge in [-0.1, -0.05) is 0 Å². The molecule has 1 N–H and O–H groups in total. The van der Waals surface area contributed by atoms with Gasteiger partial charge >= 0.3 is 5.97 Å². The van der Waals surface area contributed by atoms with Gasteiger partial charge in [-0.15, -0.1) is 11.3 Å². The maximum atomic E-state index is 12.4. The van der Waals surface area contributed by atoms with Crippen molar-refractivity contribution in [3.05, 3.63) is 21.9 Å². The summed E-state index contributed by atoms with van der Waals surface area (Å²) in [6.07, 6.45) is 1.57. The van der Waals surface area contributed by atoms with Crippen LogP contribution in [0.3, 0.4) is 0 Å². The van der Waals surface area contributed by atoms with Crippen molar-refractivity contribution in [1.29, 1.82) is 0 Å². The van der Waals surface area contributed by atoms with Crippen molar-refractivity contribution < 1.29 is 19.4 Å². The summed E-state index contributed by atoms with van der Waals surface area (Å²) in [5.41, 5.74) is 0. The van der Waals surface area contributed by atoms with Gasteiger partial charge in [-0.3, -0.25) is 9.59 Å². The van der Waals surface area contributed by atoms with Crippen LogP contribution in [0.2, 0.25) is 0 Å². The summed E-state index contributed by atoms with van der Waals surface area (Å²) in [4.78, 5) is 27.8. The van der Waals surface area contributed by atoms with Crippen LogP contribution >= 0.6 is 11.3 Å². The molecule has 2 unspecified atom stereocenters. The molecule has 1 fully saturated rings. The van der Waals surface area contributed by atoms with Crippen LogP contribution in [0.25, 0.3) is 0 Å². The SMILES string of the molecule is COCCN1C(=O)CCCC(C(=O)O)C1c1ccc(C)s1. The largest absolute Gasteiger partial charge is 0.481 e. The molecule has 2 heterocycles. The lowest BCUT2D eigenvalue weighted by atomic mass is 9.93. The summed E-state index contributed by atoms with van der Waals surface area (Å²) in [6.45, 7) is 2.83. The molecular formula is C15H21NO4S. The number of methoxy groups -OCH3 is 1. The van der Waals surface area contributed by atoms with E-state index in [-0.39, 0.29) is 11.9 Å². The molecule has 0 spiro atoms. The Balaban J connectivity index is 2.38. The van der Waals surface area contributed by atoms with Crippen LogP contribution in [0.5, 0.6) is 0 Å². The van der Waals surface area contributed by atoms with Crippen LogP contribution in [0.1, 0.15) is 35.1 Å². The number of carboxylic acid groups (broad SMARTS) is 1. The molecular weight excluding hydrogens is 290 g/mol. The molecule has 1 aliphatic heterocycles. The van der Waals surface area contributed by atoms with E-state index in [2.05, 4.69) is 0 Å². The van der Waals surface area contributed by atoms with Crippen LogP contribution < -0.4 is 0 Å². The van der Waals surface area contributed by atoms with Crippen molar-refractivity contribution in [3.63, 3.8) is 0 Å². The molecule has 21 heavy (non-hydrogen) atoms. The predicted octanol–water partition coefficient (Wildman–Crippen LogP) is 2.46. The van der Waals surface area contributed by atoms with Gasteiger partial charge in [-0.05, 0) is 31.9 Å². The van der Waals surface area contributed by atoms with Gasteiger partial charge in [0.25, 0.3) is 0 Å². The highest BCUT2D eigenvalue weighted by molar-refractivity contribution is 7.12. The second-order valence-corrected chi connectivity index (χ2v) is 6.63. The third-order valence-corrected chi connectivity index (χ3v) is 4.92. The van der Waals surface area contributed by atoms with E-state index < -0.39 is 11.9 Å². The first kappa shape index (κ1) is 16.0. The number of rotatable bonds is 5. The van der Waals surface area contributed by atoms with E-state index in [1.54, 1.807) is 23.3 Å². The van der Waals surface area contributed by atoms with Crippen molar-refractivity contribution in [2.24, 2.45) is 5.92 Å². The number of nitrogens with zero attached hydrogens (tertiary/aromatic N) is 1. The molecule has 0 aliphatic carbocycles. The standard InChI is InChI=1S/C15H21NO4S/c1-10-6-7-12(21-10)14-11(15(18)19)4-3-5-13(17)16(14)8-9-20-2/h6-7,11,14H,3-5,8-9H2,1-2H3,(H,18,19). The van der Waals surface area contributed by atoms with Gasteiger partial charge in [0.05, 0.1) is 18.6 Å². The number of hydrogen-bond acceptors (Lipinski definition) is 4. The molecule has 1 saturated heterocycles. The minimum Gasteiger partial charge on any atom is -0.481 e. The van der Waals surface area contributed by atoms with Crippen molar-refractivity contribution in [1.82, 2.24) is 4.90 Å². The van der Waals surface area contributed by atoms with Crippen LogP contribution in [0.4, 0.5) is 0 Å². The number of carbonyl (C=O) groups is 2. The second kappa shape index (κ2) is 7.04. The predicted molar refractivity (Wildman–Crippen MR) is 80.4 cm³/mol. The Kier molecular flexibility index (Phi) is 5.36. The molecule has 5 nitrogen and oxygen atoms in total. The zero-order chi connectivity index (χ0) is 15.4. The topological polar surface area (TPSA) is 66.8 Å². The first-order valence-electron chi connectivity index (χ1n) is 7.12. The molecule has 0 radical (unpaired) electrons. The van der Waals surface area contributed by atoms with Gasteiger partial charge in [-0.25, -0.2) is 0 Å². The minimum absolute atomic E-state index is 0.0202. The first-order valence-corrected chi connectivity index (χ1v) is 7.93. The Hall–Kier alpha value is -1.40. The van der Waals surface area contributed by atoms with Gasteiger partial charge in [-0.2, -0.15) is 0 Å².